The first-order chi connectivity index (χ1) is 10.4. The third kappa shape index (κ3) is 2.22. The molecule has 1 aliphatic heterocycles. The lowest BCUT2D eigenvalue weighted by atomic mass is 10.1. The zero-order chi connectivity index (χ0) is 16.0. The van der Waals surface area contributed by atoms with E-state index in [1.807, 2.05) is 52.0 Å². The zero-order valence-corrected chi connectivity index (χ0v) is 13.3. The van der Waals surface area contributed by atoms with Gasteiger partial charge in [-0.05, 0) is 57.0 Å². The van der Waals surface area contributed by atoms with E-state index in [0.29, 0.717) is 5.69 Å². The quantitative estimate of drug-likeness (QED) is 0.801. The number of carbonyl (C=O) groups excluding carboxylic acids is 2. The second kappa shape index (κ2) is 5.09. The summed E-state index contributed by atoms with van der Waals surface area (Å²) in [5.41, 5.74) is 4.58. The zero-order valence-electron chi connectivity index (χ0n) is 13.3. The van der Waals surface area contributed by atoms with Crippen molar-refractivity contribution in [2.24, 2.45) is 0 Å². The molecule has 3 rings (SSSR count). The number of benzene rings is 1. The Balaban J connectivity index is 1.98. The third-order valence-corrected chi connectivity index (χ3v) is 4.21. The molecular weight excluding hydrogens is 278 g/mol. The largest absolute Gasteiger partial charge is 0.274 e. The van der Waals surface area contributed by atoms with Gasteiger partial charge in [0, 0.05) is 5.69 Å². The number of amides is 2. The second-order valence-corrected chi connectivity index (χ2v) is 5.93. The molecule has 0 N–H and O–H groups in total. The van der Waals surface area contributed by atoms with Crippen LogP contribution in [0.3, 0.4) is 0 Å². The predicted molar refractivity (Wildman–Crippen MR) is 83.8 cm³/mol. The van der Waals surface area contributed by atoms with Crippen molar-refractivity contribution in [3.05, 3.63) is 46.8 Å². The molecule has 2 heterocycles. The van der Waals surface area contributed by atoms with Crippen molar-refractivity contribution in [1.29, 1.82) is 0 Å². The number of carbonyl (C=O) groups is 2. The van der Waals surface area contributed by atoms with Crippen LogP contribution in [0.1, 0.15) is 35.0 Å². The highest BCUT2D eigenvalue weighted by Crippen LogP contribution is 2.31. The minimum absolute atomic E-state index is 0.160. The lowest BCUT2D eigenvalue weighted by molar-refractivity contribution is -0.122. The van der Waals surface area contributed by atoms with Crippen LogP contribution in [-0.4, -0.2) is 21.6 Å². The SMILES string of the molecule is Cc1cc(C)n([C@H]2CC(=O)N(c3ccc(C)c(C)c3)C2=O)n1. The number of hydrogen-bond donors (Lipinski definition) is 0. The number of aromatic nitrogens is 2. The molecule has 1 atom stereocenters. The third-order valence-electron chi connectivity index (χ3n) is 4.21. The molecule has 1 fully saturated rings. The molecule has 0 bridgehead atoms. The topological polar surface area (TPSA) is 55.2 Å². The van der Waals surface area contributed by atoms with Crippen LogP contribution in [0, 0.1) is 27.7 Å². The van der Waals surface area contributed by atoms with Gasteiger partial charge in [0.25, 0.3) is 5.91 Å². The molecule has 114 valence electrons. The second-order valence-electron chi connectivity index (χ2n) is 5.93. The Morgan fingerprint density at radius 2 is 1.77 bits per heavy atom. The number of rotatable bonds is 2. The van der Waals surface area contributed by atoms with Gasteiger partial charge < -0.3 is 0 Å². The maximum Gasteiger partial charge on any atom is 0.259 e. The first-order valence-corrected chi connectivity index (χ1v) is 7.35. The normalized spacial score (nSPS) is 18.4. The van der Waals surface area contributed by atoms with Crippen LogP contribution in [0.4, 0.5) is 5.69 Å². The van der Waals surface area contributed by atoms with Crippen LogP contribution < -0.4 is 4.90 Å². The van der Waals surface area contributed by atoms with Crippen molar-refractivity contribution in [1.82, 2.24) is 9.78 Å². The van der Waals surface area contributed by atoms with Crippen LogP contribution in [0.2, 0.25) is 0 Å². The van der Waals surface area contributed by atoms with Crippen LogP contribution in [0.25, 0.3) is 0 Å². The van der Waals surface area contributed by atoms with Crippen molar-refractivity contribution in [3.8, 4) is 0 Å². The first-order valence-electron chi connectivity index (χ1n) is 7.35. The molecule has 22 heavy (non-hydrogen) atoms. The van der Waals surface area contributed by atoms with E-state index in [1.165, 1.54) is 4.90 Å². The number of anilines is 1. The molecule has 1 saturated heterocycles. The molecule has 0 aliphatic carbocycles. The summed E-state index contributed by atoms with van der Waals surface area (Å²) in [5.74, 6) is -0.384. The summed E-state index contributed by atoms with van der Waals surface area (Å²) >= 11 is 0. The number of imide groups is 1. The summed E-state index contributed by atoms with van der Waals surface area (Å²) in [6.07, 6.45) is 0.160. The fraction of sp³-hybridized carbons (Fsp3) is 0.353. The van der Waals surface area contributed by atoms with E-state index >= 15 is 0 Å². The van der Waals surface area contributed by atoms with Gasteiger partial charge in [-0.15, -0.1) is 0 Å². The number of aryl methyl sites for hydroxylation is 4. The van der Waals surface area contributed by atoms with Crippen LogP contribution in [0.15, 0.2) is 24.3 Å². The summed E-state index contributed by atoms with van der Waals surface area (Å²) < 4.78 is 1.66. The Morgan fingerprint density at radius 3 is 2.36 bits per heavy atom. The smallest absolute Gasteiger partial charge is 0.259 e. The maximum absolute atomic E-state index is 12.7. The Kier molecular flexibility index (Phi) is 3.35. The molecule has 1 aromatic heterocycles. The predicted octanol–water partition coefficient (Wildman–Crippen LogP) is 2.62. The van der Waals surface area contributed by atoms with Gasteiger partial charge in [0.15, 0.2) is 0 Å². The molecule has 0 saturated carbocycles. The van der Waals surface area contributed by atoms with E-state index in [1.54, 1.807) is 4.68 Å². The van der Waals surface area contributed by atoms with Gasteiger partial charge in [-0.3, -0.25) is 14.3 Å². The number of hydrogen-bond acceptors (Lipinski definition) is 3. The summed E-state index contributed by atoms with van der Waals surface area (Å²) in [4.78, 5) is 26.4. The van der Waals surface area contributed by atoms with Crippen LogP contribution in [-0.2, 0) is 9.59 Å². The Bertz CT molecular complexity index is 776. The van der Waals surface area contributed by atoms with E-state index < -0.39 is 6.04 Å². The van der Waals surface area contributed by atoms with Gasteiger partial charge in [0.1, 0.15) is 6.04 Å². The summed E-state index contributed by atoms with van der Waals surface area (Å²) in [7, 11) is 0. The van der Waals surface area contributed by atoms with Crippen molar-refractivity contribution in [2.45, 2.75) is 40.2 Å². The summed E-state index contributed by atoms with van der Waals surface area (Å²) in [5, 5.41) is 4.35. The van der Waals surface area contributed by atoms with Gasteiger partial charge in [-0.2, -0.15) is 5.10 Å². The van der Waals surface area contributed by atoms with Gasteiger partial charge in [0.05, 0.1) is 17.8 Å². The highest BCUT2D eigenvalue weighted by atomic mass is 16.2. The number of nitrogens with zero attached hydrogens (tertiary/aromatic N) is 3. The molecule has 5 nitrogen and oxygen atoms in total. The van der Waals surface area contributed by atoms with Crippen molar-refractivity contribution >= 4 is 17.5 Å². The standard InChI is InChI=1S/C17H19N3O2/c1-10-5-6-14(7-11(10)2)19-16(21)9-15(17(19)22)20-13(4)8-12(3)18-20/h5-8,15H,9H2,1-4H3/t15-/m0/s1. The highest BCUT2D eigenvalue weighted by Gasteiger charge is 2.41. The molecule has 1 aliphatic rings. The molecule has 2 aromatic rings. The minimum atomic E-state index is -0.539. The minimum Gasteiger partial charge on any atom is -0.274 e. The van der Waals surface area contributed by atoms with Gasteiger partial charge in [-0.25, -0.2) is 4.90 Å². The molecule has 2 amide bonds. The van der Waals surface area contributed by atoms with Crippen molar-refractivity contribution in [3.63, 3.8) is 0 Å². The van der Waals surface area contributed by atoms with Gasteiger partial charge in [-0.1, -0.05) is 6.07 Å². The highest BCUT2D eigenvalue weighted by molar-refractivity contribution is 6.21. The summed E-state index contributed by atoms with van der Waals surface area (Å²) in [6, 6.07) is 7.01. The van der Waals surface area contributed by atoms with Gasteiger partial charge >= 0.3 is 0 Å². The van der Waals surface area contributed by atoms with Gasteiger partial charge in [0.2, 0.25) is 5.91 Å². The lowest BCUT2D eigenvalue weighted by Gasteiger charge is -2.17. The first kappa shape index (κ1) is 14.5. The van der Waals surface area contributed by atoms with Crippen molar-refractivity contribution in [2.75, 3.05) is 4.90 Å². The molecular formula is C17H19N3O2. The summed E-state index contributed by atoms with van der Waals surface area (Å²) in [6.45, 7) is 7.76. The Morgan fingerprint density at radius 1 is 1.05 bits per heavy atom. The monoisotopic (exact) mass is 297 g/mol. The molecule has 0 unspecified atom stereocenters. The Hall–Kier alpha value is -2.43. The van der Waals surface area contributed by atoms with Crippen LogP contribution >= 0.6 is 0 Å². The average Bonchev–Trinajstić information content (AvgIpc) is 2.92. The van der Waals surface area contributed by atoms with E-state index in [2.05, 4.69) is 5.10 Å². The van der Waals surface area contributed by atoms with E-state index in [4.69, 9.17) is 0 Å². The van der Waals surface area contributed by atoms with E-state index in [9.17, 15) is 9.59 Å². The maximum atomic E-state index is 12.7. The Labute approximate surface area is 129 Å². The van der Waals surface area contributed by atoms with Crippen molar-refractivity contribution < 1.29 is 9.59 Å². The molecule has 0 radical (unpaired) electrons. The molecule has 0 spiro atoms. The fourth-order valence-corrected chi connectivity index (χ4v) is 2.90. The van der Waals surface area contributed by atoms with E-state index in [-0.39, 0.29) is 18.2 Å². The fourth-order valence-electron chi connectivity index (χ4n) is 2.90. The van der Waals surface area contributed by atoms with E-state index in [0.717, 1.165) is 22.5 Å². The van der Waals surface area contributed by atoms with Crippen LogP contribution in [0.5, 0.6) is 0 Å². The molecule has 5 heteroatoms. The average molecular weight is 297 g/mol. The molecule has 1 aromatic carbocycles. The lowest BCUT2D eigenvalue weighted by Crippen LogP contribution is -2.31.